The molecule has 19 heavy (non-hydrogen) atoms. The van der Waals surface area contributed by atoms with Crippen molar-refractivity contribution in [1.82, 2.24) is 0 Å². The predicted octanol–water partition coefficient (Wildman–Crippen LogP) is 3.60. The maximum absolute atomic E-state index is 11.1. The highest BCUT2D eigenvalue weighted by Gasteiger charge is 2.42. The lowest BCUT2D eigenvalue weighted by atomic mass is 10.0. The van der Waals surface area contributed by atoms with E-state index in [2.05, 4.69) is 18.2 Å². The number of primary amides is 1. The van der Waals surface area contributed by atoms with E-state index in [1.165, 1.54) is 5.56 Å². The number of benzene rings is 2. The van der Waals surface area contributed by atoms with Gasteiger partial charge in [0.1, 0.15) is 0 Å². The summed E-state index contributed by atoms with van der Waals surface area (Å²) in [6.45, 7) is 0. The molecular formula is C16H14ClNO. The Kier molecular flexibility index (Phi) is 3.03. The van der Waals surface area contributed by atoms with Crippen molar-refractivity contribution < 1.29 is 4.79 Å². The molecule has 1 amide bonds. The molecule has 0 saturated heterocycles. The third-order valence-corrected chi connectivity index (χ3v) is 3.90. The second kappa shape index (κ2) is 4.71. The number of carbonyl (C=O) groups is 1. The third-order valence-electron chi connectivity index (χ3n) is 3.65. The molecule has 1 aliphatic carbocycles. The summed E-state index contributed by atoms with van der Waals surface area (Å²) in [5, 5.41) is 0.732. The molecule has 0 radical (unpaired) electrons. The second-order valence-corrected chi connectivity index (χ2v) is 5.42. The van der Waals surface area contributed by atoms with Crippen LogP contribution in [0.2, 0.25) is 5.02 Å². The van der Waals surface area contributed by atoms with Gasteiger partial charge in [-0.3, -0.25) is 4.79 Å². The summed E-state index contributed by atoms with van der Waals surface area (Å²) in [7, 11) is 0. The van der Waals surface area contributed by atoms with Crippen LogP contribution in [0.4, 0.5) is 0 Å². The van der Waals surface area contributed by atoms with Crippen molar-refractivity contribution >= 4 is 17.5 Å². The Balaban J connectivity index is 1.88. The smallest absolute Gasteiger partial charge is 0.221 e. The summed E-state index contributed by atoms with van der Waals surface area (Å²) in [5.74, 6) is 0.118. The van der Waals surface area contributed by atoms with Gasteiger partial charge in [0.2, 0.25) is 5.91 Å². The van der Waals surface area contributed by atoms with Gasteiger partial charge >= 0.3 is 0 Å². The zero-order valence-electron chi connectivity index (χ0n) is 10.3. The molecule has 3 rings (SSSR count). The van der Waals surface area contributed by atoms with E-state index in [0.717, 1.165) is 22.6 Å². The van der Waals surface area contributed by atoms with Crippen molar-refractivity contribution in [2.24, 2.45) is 11.7 Å². The summed E-state index contributed by atoms with van der Waals surface area (Å²) in [5.41, 5.74) is 8.80. The largest absolute Gasteiger partial charge is 0.369 e. The van der Waals surface area contributed by atoms with Crippen LogP contribution in [-0.2, 0) is 4.79 Å². The summed E-state index contributed by atoms with van der Waals surface area (Å²) in [6.07, 6.45) is 0.874. The van der Waals surface area contributed by atoms with Crippen LogP contribution < -0.4 is 5.73 Å². The van der Waals surface area contributed by atoms with Crippen molar-refractivity contribution in [3.63, 3.8) is 0 Å². The predicted molar refractivity (Wildman–Crippen MR) is 76.9 cm³/mol. The van der Waals surface area contributed by atoms with Crippen molar-refractivity contribution in [1.29, 1.82) is 0 Å². The molecule has 2 nitrogen and oxygen atoms in total. The molecule has 2 N–H and O–H groups in total. The van der Waals surface area contributed by atoms with Crippen LogP contribution in [0.5, 0.6) is 0 Å². The summed E-state index contributed by atoms with van der Waals surface area (Å²) < 4.78 is 0. The number of carbonyl (C=O) groups excluding carboxylic acids is 1. The van der Waals surface area contributed by atoms with Crippen LogP contribution in [0, 0.1) is 5.92 Å². The monoisotopic (exact) mass is 271 g/mol. The first-order valence-corrected chi connectivity index (χ1v) is 6.68. The zero-order chi connectivity index (χ0) is 13.4. The number of nitrogens with two attached hydrogens (primary N) is 1. The summed E-state index contributed by atoms with van der Waals surface area (Å²) in [4.78, 5) is 11.1. The molecular weight excluding hydrogens is 258 g/mol. The quantitative estimate of drug-likeness (QED) is 0.911. The molecule has 0 bridgehead atoms. The van der Waals surface area contributed by atoms with Crippen LogP contribution in [0.25, 0.3) is 11.1 Å². The lowest BCUT2D eigenvalue weighted by Crippen LogP contribution is -2.13. The average molecular weight is 272 g/mol. The standard InChI is InChI=1S/C16H14ClNO/c17-13-6-4-10(5-7-13)11-2-1-3-12(8-11)14-9-15(14)16(18)19/h1-8,14-15H,9H2,(H2,18,19). The first kappa shape index (κ1) is 12.2. The third kappa shape index (κ3) is 2.49. The van der Waals surface area contributed by atoms with Crippen LogP contribution in [0.3, 0.4) is 0 Å². The first-order chi connectivity index (χ1) is 9.15. The van der Waals surface area contributed by atoms with E-state index in [1.807, 2.05) is 30.3 Å². The fourth-order valence-electron chi connectivity index (χ4n) is 2.47. The summed E-state index contributed by atoms with van der Waals surface area (Å²) >= 11 is 5.89. The molecule has 2 unspecified atom stereocenters. The highest BCUT2D eigenvalue weighted by atomic mass is 35.5. The van der Waals surface area contributed by atoms with Gasteiger partial charge in [-0.05, 0) is 41.2 Å². The Labute approximate surface area is 117 Å². The Bertz CT molecular complexity index is 621. The second-order valence-electron chi connectivity index (χ2n) is 4.98. The lowest BCUT2D eigenvalue weighted by Gasteiger charge is -2.05. The Morgan fingerprint density at radius 2 is 1.84 bits per heavy atom. The minimum absolute atomic E-state index is 0.0143. The Hall–Kier alpha value is -1.80. The molecule has 1 saturated carbocycles. The molecule has 1 aliphatic rings. The van der Waals surface area contributed by atoms with Gasteiger partial charge in [0, 0.05) is 10.9 Å². The fourth-order valence-corrected chi connectivity index (χ4v) is 2.60. The highest BCUT2D eigenvalue weighted by Crippen LogP contribution is 2.47. The van der Waals surface area contributed by atoms with Gasteiger partial charge in [-0.1, -0.05) is 48.0 Å². The normalized spacial score (nSPS) is 21.1. The first-order valence-electron chi connectivity index (χ1n) is 6.30. The molecule has 2 aromatic rings. The number of hydrogen-bond acceptors (Lipinski definition) is 1. The molecule has 0 heterocycles. The van der Waals surface area contributed by atoms with Gasteiger partial charge in [-0.25, -0.2) is 0 Å². The van der Waals surface area contributed by atoms with Crippen LogP contribution in [0.15, 0.2) is 48.5 Å². The van der Waals surface area contributed by atoms with Crippen molar-refractivity contribution in [2.75, 3.05) is 0 Å². The van der Waals surface area contributed by atoms with Gasteiger partial charge < -0.3 is 5.73 Å². The van der Waals surface area contributed by atoms with E-state index < -0.39 is 0 Å². The topological polar surface area (TPSA) is 43.1 Å². The lowest BCUT2D eigenvalue weighted by molar-refractivity contribution is -0.119. The van der Waals surface area contributed by atoms with Crippen LogP contribution >= 0.6 is 11.6 Å². The Morgan fingerprint density at radius 3 is 2.47 bits per heavy atom. The number of halogens is 1. The van der Waals surface area contributed by atoms with Gasteiger partial charge in [0.15, 0.2) is 0 Å². The number of hydrogen-bond donors (Lipinski definition) is 1. The van der Waals surface area contributed by atoms with Crippen molar-refractivity contribution in [3.8, 4) is 11.1 Å². The van der Waals surface area contributed by atoms with Crippen molar-refractivity contribution in [3.05, 3.63) is 59.1 Å². The number of rotatable bonds is 3. The van der Waals surface area contributed by atoms with Crippen LogP contribution in [-0.4, -0.2) is 5.91 Å². The van der Waals surface area contributed by atoms with Gasteiger partial charge in [-0.15, -0.1) is 0 Å². The van der Waals surface area contributed by atoms with E-state index in [0.29, 0.717) is 5.92 Å². The average Bonchev–Trinajstić information content (AvgIpc) is 3.20. The molecule has 2 aromatic carbocycles. The molecule has 1 fully saturated rings. The molecule has 3 heteroatoms. The number of amides is 1. The summed E-state index contributed by atoms with van der Waals surface area (Å²) in [6, 6.07) is 16.0. The molecule has 0 aliphatic heterocycles. The minimum Gasteiger partial charge on any atom is -0.369 e. The zero-order valence-corrected chi connectivity index (χ0v) is 11.1. The minimum atomic E-state index is -0.193. The van der Waals surface area contributed by atoms with E-state index in [4.69, 9.17) is 17.3 Å². The molecule has 96 valence electrons. The van der Waals surface area contributed by atoms with Gasteiger partial charge in [-0.2, -0.15) is 0 Å². The van der Waals surface area contributed by atoms with Gasteiger partial charge in [0.25, 0.3) is 0 Å². The molecule has 0 spiro atoms. The van der Waals surface area contributed by atoms with Crippen molar-refractivity contribution in [2.45, 2.75) is 12.3 Å². The Morgan fingerprint density at radius 1 is 1.11 bits per heavy atom. The van der Waals surface area contributed by atoms with E-state index in [-0.39, 0.29) is 11.8 Å². The molecule has 2 atom stereocenters. The SMILES string of the molecule is NC(=O)C1CC1c1cccc(-c2ccc(Cl)cc2)c1. The van der Waals surface area contributed by atoms with Gasteiger partial charge in [0.05, 0.1) is 0 Å². The highest BCUT2D eigenvalue weighted by molar-refractivity contribution is 6.30. The van der Waals surface area contributed by atoms with E-state index in [9.17, 15) is 4.79 Å². The molecule has 0 aromatic heterocycles. The van der Waals surface area contributed by atoms with E-state index >= 15 is 0 Å². The maximum Gasteiger partial charge on any atom is 0.221 e. The maximum atomic E-state index is 11.1. The van der Waals surface area contributed by atoms with Crippen LogP contribution in [0.1, 0.15) is 17.9 Å². The van der Waals surface area contributed by atoms with E-state index in [1.54, 1.807) is 0 Å². The fraction of sp³-hybridized carbons (Fsp3) is 0.188.